The predicted octanol–water partition coefficient (Wildman–Crippen LogP) is 4.16. The van der Waals surface area contributed by atoms with Crippen molar-refractivity contribution in [1.29, 1.82) is 0 Å². The molecular weight excluding hydrogens is 396 g/mol. The van der Waals surface area contributed by atoms with Crippen LogP contribution in [0.15, 0.2) is 54.6 Å². The number of nitrogens with zero attached hydrogens (tertiary/aromatic N) is 4. The Morgan fingerprint density at radius 1 is 0.933 bits per heavy atom. The van der Waals surface area contributed by atoms with Crippen molar-refractivity contribution < 1.29 is 4.79 Å². The summed E-state index contributed by atoms with van der Waals surface area (Å²) in [5.41, 5.74) is 5.26. The molecule has 1 aliphatic heterocycles. The van der Waals surface area contributed by atoms with Crippen LogP contribution in [0.1, 0.15) is 32.9 Å². The van der Waals surface area contributed by atoms with Crippen LogP contribution in [-0.2, 0) is 13.1 Å². The van der Waals surface area contributed by atoms with Gasteiger partial charge in [-0.1, -0.05) is 35.9 Å². The first kappa shape index (κ1) is 20.6. The van der Waals surface area contributed by atoms with Crippen LogP contribution < -0.4 is 0 Å². The first-order valence-corrected chi connectivity index (χ1v) is 10.7. The number of halogens is 1. The number of aryl methyl sites for hydroxylation is 2. The number of piperazine rings is 1. The van der Waals surface area contributed by atoms with E-state index in [0.717, 1.165) is 66.8 Å². The first-order valence-electron chi connectivity index (χ1n) is 10.3. The lowest BCUT2D eigenvalue weighted by Gasteiger charge is -2.34. The number of aromatic nitrogens is 2. The molecule has 0 bridgehead atoms. The van der Waals surface area contributed by atoms with Gasteiger partial charge >= 0.3 is 0 Å². The van der Waals surface area contributed by atoms with E-state index in [9.17, 15) is 4.79 Å². The Kier molecular flexibility index (Phi) is 6.21. The van der Waals surface area contributed by atoms with Gasteiger partial charge in [-0.05, 0) is 55.3 Å². The normalized spacial score (nSPS) is 14.8. The van der Waals surface area contributed by atoms with Gasteiger partial charge in [-0.15, -0.1) is 0 Å². The highest BCUT2D eigenvalue weighted by Crippen LogP contribution is 2.16. The highest BCUT2D eigenvalue weighted by atomic mass is 35.5. The summed E-state index contributed by atoms with van der Waals surface area (Å²) in [6.07, 6.45) is 0. The van der Waals surface area contributed by atoms with Gasteiger partial charge in [-0.25, -0.2) is 0 Å². The molecule has 0 saturated carbocycles. The van der Waals surface area contributed by atoms with Crippen LogP contribution >= 0.6 is 11.6 Å². The Labute approximate surface area is 182 Å². The molecule has 1 aliphatic rings. The molecule has 2 aromatic carbocycles. The SMILES string of the molecule is Cc1cc(C)n(Cc2ccc(C(=O)N3CCN(Cc4cccc(Cl)c4)CC3)cc2)n1. The summed E-state index contributed by atoms with van der Waals surface area (Å²) in [5, 5.41) is 5.27. The van der Waals surface area contributed by atoms with Crippen molar-refractivity contribution in [1.82, 2.24) is 19.6 Å². The van der Waals surface area contributed by atoms with Crippen LogP contribution in [0.4, 0.5) is 0 Å². The maximum Gasteiger partial charge on any atom is 0.253 e. The van der Waals surface area contributed by atoms with E-state index < -0.39 is 0 Å². The molecule has 3 aromatic rings. The number of hydrogen-bond acceptors (Lipinski definition) is 3. The Hall–Kier alpha value is -2.63. The molecule has 6 heteroatoms. The van der Waals surface area contributed by atoms with E-state index in [2.05, 4.69) is 29.1 Å². The summed E-state index contributed by atoms with van der Waals surface area (Å²) < 4.78 is 1.99. The summed E-state index contributed by atoms with van der Waals surface area (Å²) in [6, 6.07) is 18.0. The average Bonchev–Trinajstić information content (AvgIpc) is 3.05. The van der Waals surface area contributed by atoms with E-state index in [-0.39, 0.29) is 5.91 Å². The molecule has 156 valence electrons. The van der Waals surface area contributed by atoms with E-state index in [4.69, 9.17) is 11.6 Å². The van der Waals surface area contributed by atoms with Crippen molar-refractivity contribution in [3.05, 3.63) is 87.7 Å². The lowest BCUT2D eigenvalue weighted by atomic mass is 10.1. The molecule has 0 radical (unpaired) electrons. The van der Waals surface area contributed by atoms with Crippen LogP contribution in [0, 0.1) is 13.8 Å². The minimum atomic E-state index is 0.107. The number of carbonyl (C=O) groups excluding carboxylic acids is 1. The monoisotopic (exact) mass is 422 g/mol. The Morgan fingerprint density at radius 2 is 1.67 bits per heavy atom. The van der Waals surface area contributed by atoms with E-state index >= 15 is 0 Å². The third-order valence-electron chi connectivity index (χ3n) is 5.59. The fourth-order valence-corrected chi connectivity index (χ4v) is 4.16. The Balaban J connectivity index is 1.32. The highest BCUT2D eigenvalue weighted by Gasteiger charge is 2.22. The standard InChI is InChI=1S/C24H27ClN4O/c1-18-14-19(2)29(26-18)17-20-6-8-22(9-7-20)24(30)28-12-10-27(11-13-28)16-21-4-3-5-23(25)15-21/h3-9,14-15H,10-13,16-17H2,1-2H3. The van der Waals surface area contributed by atoms with Crippen LogP contribution in [0.5, 0.6) is 0 Å². The van der Waals surface area contributed by atoms with Crippen molar-refractivity contribution in [2.45, 2.75) is 26.9 Å². The van der Waals surface area contributed by atoms with Crippen LogP contribution in [-0.4, -0.2) is 51.7 Å². The quantitative estimate of drug-likeness (QED) is 0.620. The van der Waals surface area contributed by atoms with Crippen LogP contribution in [0.25, 0.3) is 0 Å². The van der Waals surface area contributed by atoms with Crippen LogP contribution in [0.3, 0.4) is 0 Å². The molecule has 1 aromatic heterocycles. The third-order valence-corrected chi connectivity index (χ3v) is 5.83. The van der Waals surface area contributed by atoms with Crippen molar-refractivity contribution in [3.8, 4) is 0 Å². The number of carbonyl (C=O) groups is 1. The first-order chi connectivity index (χ1) is 14.5. The van der Waals surface area contributed by atoms with Crippen LogP contribution in [0.2, 0.25) is 5.02 Å². The second kappa shape index (κ2) is 9.02. The van der Waals surface area contributed by atoms with Gasteiger partial charge in [0, 0.05) is 49.0 Å². The van der Waals surface area contributed by atoms with Gasteiger partial charge in [0.1, 0.15) is 0 Å². The average molecular weight is 423 g/mol. The minimum absolute atomic E-state index is 0.107. The Bertz CT molecular complexity index is 1020. The van der Waals surface area contributed by atoms with Gasteiger partial charge < -0.3 is 4.90 Å². The molecule has 30 heavy (non-hydrogen) atoms. The fraction of sp³-hybridized carbons (Fsp3) is 0.333. The van der Waals surface area contributed by atoms with E-state index in [1.165, 1.54) is 5.56 Å². The molecular formula is C24H27ClN4O. The lowest BCUT2D eigenvalue weighted by molar-refractivity contribution is 0.0628. The van der Waals surface area contributed by atoms with Crippen molar-refractivity contribution in [2.75, 3.05) is 26.2 Å². The summed E-state index contributed by atoms with van der Waals surface area (Å²) >= 11 is 6.08. The maximum atomic E-state index is 12.9. The van der Waals surface area contributed by atoms with Gasteiger partial charge in [-0.3, -0.25) is 14.4 Å². The van der Waals surface area contributed by atoms with Gasteiger partial charge in [0.15, 0.2) is 0 Å². The molecule has 0 atom stereocenters. The zero-order valence-corrected chi connectivity index (χ0v) is 18.3. The topological polar surface area (TPSA) is 41.4 Å². The zero-order valence-electron chi connectivity index (χ0n) is 17.5. The molecule has 2 heterocycles. The smallest absolute Gasteiger partial charge is 0.253 e. The van der Waals surface area contributed by atoms with Gasteiger partial charge in [-0.2, -0.15) is 5.10 Å². The molecule has 0 unspecified atom stereocenters. The second-order valence-corrected chi connectivity index (χ2v) is 8.42. The predicted molar refractivity (Wildman–Crippen MR) is 120 cm³/mol. The maximum absolute atomic E-state index is 12.9. The lowest BCUT2D eigenvalue weighted by Crippen LogP contribution is -2.48. The summed E-state index contributed by atoms with van der Waals surface area (Å²) in [4.78, 5) is 17.2. The molecule has 0 spiro atoms. The van der Waals surface area contributed by atoms with Gasteiger partial charge in [0.2, 0.25) is 0 Å². The molecule has 5 nitrogen and oxygen atoms in total. The largest absolute Gasteiger partial charge is 0.336 e. The molecule has 1 amide bonds. The third kappa shape index (κ3) is 4.91. The molecule has 1 fully saturated rings. The summed E-state index contributed by atoms with van der Waals surface area (Å²) in [6.45, 7) is 8.87. The number of benzene rings is 2. The van der Waals surface area contributed by atoms with Crippen molar-refractivity contribution >= 4 is 17.5 Å². The summed E-state index contributed by atoms with van der Waals surface area (Å²) in [5.74, 6) is 0.107. The fourth-order valence-electron chi connectivity index (χ4n) is 3.95. The molecule has 0 N–H and O–H groups in total. The van der Waals surface area contributed by atoms with E-state index in [1.54, 1.807) is 0 Å². The van der Waals surface area contributed by atoms with E-state index in [1.807, 2.05) is 59.0 Å². The highest BCUT2D eigenvalue weighted by molar-refractivity contribution is 6.30. The summed E-state index contributed by atoms with van der Waals surface area (Å²) in [7, 11) is 0. The molecule has 0 aliphatic carbocycles. The van der Waals surface area contributed by atoms with Gasteiger partial charge in [0.05, 0.1) is 12.2 Å². The van der Waals surface area contributed by atoms with Crippen molar-refractivity contribution in [2.24, 2.45) is 0 Å². The Morgan fingerprint density at radius 3 is 2.30 bits per heavy atom. The molecule has 4 rings (SSSR count). The van der Waals surface area contributed by atoms with E-state index in [0.29, 0.717) is 0 Å². The minimum Gasteiger partial charge on any atom is -0.336 e. The molecule has 1 saturated heterocycles. The zero-order chi connectivity index (χ0) is 21.1. The number of rotatable bonds is 5. The number of amides is 1. The number of hydrogen-bond donors (Lipinski definition) is 0. The van der Waals surface area contributed by atoms with Gasteiger partial charge in [0.25, 0.3) is 5.91 Å². The van der Waals surface area contributed by atoms with Crippen molar-refractivity contribution in [3.63, 3.8) is 0 Å². The second-order valence-electron chi connectivity index (χ2n) is 7.98.